The molecule has 1 N–H and O–H groups in total. The molecule has 0 aliphatic rings. The number of rotatable bonds is 16. The molecule has 0 spiro atoms. The molecular formula is C19H40NO3+. The zero-order chi connectivity index (χ0) is 17.6. The number of hydrogen-bond acceptors (Lipinski definition) is 2. The van der Waals surface area contributed by atoms with Crippen LogP contribution in [0, 0.1) is 0 Å². The van der Waals surface area contributed by atoms with Gasteiger partial charge in [-0.15, -0.1) is 0 Å². The number of ether oxygens (including phenoxy) is 1. The van der Waals surface area contributed by atoms with Gasteiger partial charge < -0.3 is 14.3 Å². The molecule has 0 aromatic heterocycles. The van der Waals surface area contributed by atoms with E-state index in [1.807, 2.05) is 0 Å². The van der Waals surface area contributed by atoms with Gasteiger partial charge in [-0.2, -0.15) is 0 Å². The van der Waals surface area contributed by atoms with Gasteiger partial charge in [0.2, 0.25) is 0 Å². The topological polar surface area (TPSA) is 46.5 Å². The van der Waals surface area contributed by atoms with Gasteiger partial charge >= 0.3 is 5.97 Å². The summed E-state index contributed by atoms with van der Waals surface area (Å²) in [4.78, 5) is 10.9. The highest BCUT2D eigenvalue weighted by Gasteiger charge is 2.21. The number of carbonyl (C=O) groups is 1. The van der Waals surface area contributed by atoms with Crippen LogP contribution in [0.15, 0.2) is 0 Å². The van der Waals surface area contributed by atoms with Crippen LogP contribution in [-0.4, -0.2) is 56.0 Å². The number of hydrogen-bond donors (Lipinski definition) is 1. The van der Waals surface area contributed by atoms with E-state index in [9.17, 15) is 4.79 Å². The maximum absolute atomic E-state index is 10.9. The zero-order valence-corrected chi connectivity index (χ0v) is 16.0. The summed E-state index contributed by atoms with van der Waals surface area (Å²) in [6, 6.07) is 0. The molecule has 0 bridgehead atoms. The monoisotopic (exact) mass is 330 g/mol. The smallest absolute Gasteiger partial charge is 0.306 e. The van der Waals surface area contributed by atoms with Crippen molar-refractivity contribution < 1.29 is 19.1 Å². The van der Waals surface area contributed by atoms with Gasteiger partial charge in [0.25, 0.3) is 0 Å². The fraction of sp³-hybridized carbons (Fsp3) is 0.947. The van der Waals surface area contributed by atoms with Crippen LogP contribution < -0.4 is 0 Å². The van der Waals surface area contributed by atoms with E-state index in [0.29, 0.717) is 6.61 Å². The highest BCUT2D eigenvalue weighted by atomic mass is 16.5. The number of aliphatic carboxylic acids is 1. The molecule has 0 aliphatic heterocycles. The minimum atomic E-state index is -0.772. The van der Waals surface area contributed by atoms with E-state index in [1.54, 1.807) is 0 Å². The Hall–Kier alpha value is -0.610. The molecular weight excluding hydrogens is 290 g/mol. The number of unbranched alkanes of at least 4 members (excludes halogenated alkanes) is 9. The second-order valence-electron chi connectivity index (χ2n) is 7.75. The minimum Gasteiger partial charge on any atom is -0.481 e. The van der Waals surface area contributed by atoms with Gasteiger partial charge in [-0.1, -0.05) is 64.7 Å². The molecule has 0 radical (unpaired) electrons. The zero-order valence-electron chi connectivity index (χ0n) is 16.0. The third-order valence-electron chi connectivity index (χ3n) is 4.01. The quantitative estimate of drug-likeness (QED) is 0.335. The van der Waals surface area contributed by atoms with Gasteiger partial charge in [-0.05, 0) is 6.42 Å². The molecule has 4 nitrogen and oxygen atoms in total. The summed E-state index contributed by atoms with van der Waals surface area (Å²) in [5, 5.41) is 8.97. The summed E-state index contributed by atoms with van der Waals surface area (Å²) < 4.78 is 6.54. The predicted octanol–water partition coefficient (Wildman–Crippen LogP) is 4.47. The molecule has 0 amide bonds. The van der Waals surface area contributed by atoms with E-state index < -0.39 is 5.97 Å². The average Bonchev–Trinajstić information content (AvgIpc) is 2.42. The van der Waals surface area contributed by atoms with Crippen molar-refractivity contribution in [2.24, 2.45) is 0 Å². The molecule has 0 fully saturated rings. The maximum Gasteiger partial charge on any atom is 0.306 e. The summed E-state index contributed by atoms with van der Waals surface area (Å²) in [7, 11) is 6.20. The second kappa shape index (κ2) is 13.8. The number of carboxylic acids is 1. The van der Waals surface area contributed by atoms with Crippen LogP contribution in [0.3, 0.4) is 0 Å². The molecule has 0 rings (SSSR count). The molecule has 4 heteroatoms. The van der Waals surface area contributed by atoms with Crippen molar-refractivity contribution in [1.82, 2.24) is 0 Å². The second-order valence-corrected chi connectivity index (χ2v) is 7.75. The average molecular weight is 331 g/mol. The number of quaternary nitrogens is 1. The lowest BCUT2D eigenvalue weighted by Crippen LogP contribution is -2.43. The molecule has 0 aromatic rings. The van der Waals surface area contributed by atoms with Crippen LogP contribution in [0.25, 0.3) is 0 Å². The first-order valence-electron chi connectivity index (χ1n) is 9.49. The first-order valence-corrected chi connectivity index (χ1v) is 9.49. The summed E-state index contributed by atoms with van der Waals surface area (Å²) in [5.41, 5.74) is 0. The summed E-state index contributed by atoms with van der Waals surface area (Å²) in [5.74, 6) is -0.772. The molecule has 23 heavy (non-hydrogen) atoms. The SMILES string of the molecule is CCCCCCCCCCCCO[C@H](CC(=O)O)C[N+](C)(C)C. The lowest BCUT2D eigenvalue weighted by atomic mass is 10.1. The van der Waals surface area contributed by atoms with Crippen molar-refractivity contribution in [1.29, 1.82) is 0 Å². The van der Waals surface area contributed by atoms with Crippen LogP contribution in [0.4, 0.5) is 0 Å². The Bertz CT molecular complexity index is 287. The molecule has 0 aromatic carbocycles. The summed E-state index contributed by atoms with van der Waals surface area (Å²) >= 11 is 0. The van der Waals surface area contributed by atoms with E-state index >= 15 is 0 Å². The number of likely N-dealkylation sites (N-methyl/N-ethyl adjacent to an activating group) is 1. The third kappa shape index (κ3) is 17.6. The normalized spacial score (nSPS) is 13.2. The summed E-state index contributed by atoms with van der Waals surface area (Å²) in [6.07, 6.45) is 13.0. The van der Waals surface area contributed by atoms with E-state index in [1.165, 1.54) is 57.8 Å². The molecule has 138 valence electrons. The summed E-state index contributed by atoms with van der Waals surface area (Å²) in [6.45, 7) is 3.68. The minimum absolute atomic E-state index is 0.104. The molecule has 0 saturated heterocycles. The van der Waals surface area contributed by atoms with Crippen molar-refractivity contribution in [3.63, 3.8) is 0 Å². The van der Waals surface area contributed by atoms with Crippen molar-refractivity contribution in [2.75, 3.05) is 34.3 Å². The largest absolute Gasteiger partial charge is 0.481 e. The van der Waals surface area contributed by atoms with E-state index in [0.717, 1.165) is 17.4 Å². The van der Waals surface area contributed by atoms with Crippen molar-refractivity contribution in [3.05, 3.63) is 0 Å². The number of carboxylic acid groups (broad SMARTS) is 1. The Labute approximate surface area is 143 Å². The first-order chi connectivity index (χ1) is 10.8. The number of nitrogens with zero attached hydrogens (tertiary/aromatic N) is 1. The van der Waals surface area contributed by atoms with Gasteiger partial charge in [0.05, 0.1) is 27.6 Å². The highest BCUT2D eigenvalue weighted by Crippen LogP contribution is 2.11. The molecule has 1 atom stereocenters. The van der Waals surface area contributed by atoms with E-state index in [2.05, 4.69) is 28.1 Å². The lowest BCUT2D eigenvalue weighted by molar-refractivity contribution is -0.873. The Morgan fingerprint density at radius 3 is 1.83 bits per heavy atom. The highest BCUT2D eigenvalue weighted by molar-refractivity contribution is 5.67. The Balaban J connectivity index is 3.57. The first kappa shape index (κ1) is 22.4. The van der Waals surface area contributed by atoms with Gasteiger partial charge in [-0.25, -0.2) is 0 Å². The fourth-order valence-electron chi connectivity index (χ4n) is 2.82. The van der Waals surface area contributed by atoms with Gasteiger partial charge in [0, 0.05) is 6.61 Å². The van der Waals surface area contributed by atoms with Crippen LogP contribution in [0.5, 0.6) is 0 Å². The molecule has 0 saturated carbocycles. The Morgan fingerprint density at radius 2 is 1.39 bits per heavy atom. The lowest BCUT2D eigenvalue weighted by Gasteiger charge is -2.28. The van der Waals surface area contributed by atoms with Gasteiger partial charge in [-0.3, -0.25) is 4.79 Å². The van der Waals surface area contributed by atoms with Crippen molar-refractivity contribution in [3.8, 4) is 0 Å². The molecule has 0 unspecified atom stereocenters. The van der Waals surface area contributed by atoms with E-state index in [-0.39, 0.29) is 12.5 Å². The van der Waals surface area contributed by atoms with Crippen LogP contribution in [-0.2, 0) is 9.53 Å². The van der Waals surface area contributed by atoms with Gasteiger partial charge in [0.1, 0.15) is 12.6 Å². The fourth-order valence-corrected chi connectivity index (χ4v) is 2.82. The van der Waals surface area contributed by atoms with Crippen molar-refractivity contribution >= 4 is 5.97 Å². The molecule has 0 heterocycles. The van der Waals surface area contributed by atoms with Crippen molar-refractivity contribution in [2.45, 2.75) is 83.7 Å². The molecule has 0 aliphatic carbocycles. The third-order valence-corrected chi connectivity index (χ3v) is 4.01. The van der Waals surface area contributed by atoms with Crippen LogP contribution in [0.1, 0.15) is 77.6 Å². The van der Waals surface area contributed by atoms with E-state index in [4.69, 9.17) is 9.84 Å². The van der Waals surface area contributed by atoms with Crippen LogP contribution >= 0.6 is 0 Å². The predicted molar refractivity (Wildman–Crippen MR) is 96.7 cm³/mol. The Kier molecular flexibility index (Phi) is 13.4. The Morgan fingerprint density at radius 1 is 0.913 bits per heavy atom. The van der Waals surface area contributed by atoms with Crippen LogP contribution in [0.2, 0.25) is 0 Å². The standard InChI is InChI=1S/C19H39NO3/c1-5-6-7-8-9-10-11-12-13-14-15-23-18(16-19(21)22)17-20(2,3)4/h18H,5-17H2,1-4H3/p+1/t18-/m1/s1. The van der Waals surface area contributed by atoms with Gasteiger partial charge in [0.15, 0.2) is 0 Å². The maximum atomic E-state index is 10.9.